The molecule has 0 rings (SSSR count). The zero-order valence-electron chi connectivity index (χ0n) is 69.3. The molecule has 0 bridgehead atoms. The topological polar surface area (TPSA) is 299 Å². The molecular weight excluding hydrogens is 1450 g/mol. The van der Waals surface area contributed by atoms with Crippen LogP contribution in [0.2, 0.25) is 0 Å². The van der Waals surface area contributed by atoms with Crippen molar-refractivity contribution in [1.29, 1.82) is 8.69 Å². The summed E-state index contributed by atoms with van der Waals surface area (Å²) in [6, 6.07) is 0. The minimum absolute atomic E-state index is 0. The third-order valence-corrected chi connectivity index (χ3v) is 16.6. The minimum atomic E-state index is -1.10. The van der Waals surface area contributed by atoms with Crippen molar-refractivity contribution in [3.05, 3.63) is 48.6 Å². The van der Waals surface area contributed by atoms with Gasteiger partial charge in [-0.15, -0.1) is 0 Å². The number of methoxy groups -OCH3 is 4. The van der Waals surface area contributed by atoms with E-state index in [0.717, 1.165) is 32.1 Å². The number of esters is 8. The van der Waals surface area contributed by atoms with E-state index in [1.54, 1.807) is 87.6 Å². The number of unbranched alkanes of at least 4 members (excludes halogenated alkanes) is 30. The molecule has 664 valence electrons. The Labute approximate surface area is 713 Å². The van der Waals surface area contributed by atoms with E-state index in [2.05, 4.69) is 59.1 Å². The van der Waals surface area contributed by atoms with Crippen LogP contribution in [0.3, 0.4) is 0 Å². The van der Waals surface area contributed by atoms with E-state index in [-0.39, 0.29) is 151 Å². The van der Waals surface area contributed by atoms with Crippen LogP contribution in [0.15, 0.2) is 48.6 Å². The molecule has 24 heteroatoms. The molecule has 0 saturated carbocycles. The van der Waals surface area contributed by atoms with Crippen molar-refractivity contribution in [3.8, 4) is 0 Å². The predicted octanol–water partition coefficient (Wildman–Crippen LogP) is 23.4. The van der Waals surface area contributed by atoms with Gasteiger partial charge in [-0.25, -0.2) is 19.2 Å². The summed E-state index contributed by atoms with van der Waals surface area (Å²) < 4.78 is 50.0. The maximum atomic E-state index is 13.5. The fourth-order valence-electron chi connectivity index (χ4n) is 10.00. The molecule has 4 N–H and O–H groups in total. The molecule has 20 nitrogen and oxygen atoms in total. The molecule has 8 radical (unpaired) electrons. The molecule has 0 aliphatic heterocycles. The Morgan fingerprint density at radius 2 is 0.527 bits per heavy atom. The molecule has 2 atom stereocenters. The van der Waals surface area contributed by atoms with Crippen LogP contribution in [0.4, 0.5) is 0 Å². The van der Waals surface area contributed by atoms with E-state index in [4.69, 9.17) is 37.9 Å². The molecule has 0 amide bonds. The van der Waals surface area contributed by atoms with Crippen molar-refractivity contribution >= 4 is 96.8 Å². The van der Waals surface area contributed by atoms with Crippen molar-refractivity contribution in [2.75, 3.05) is 68.1 Å². The molecule has 0 aromatic rings. The Balaban J connectivity index is -0.0000000667. The molecular formula is C88H182Al2B2N2O18. The molecule has 0 spiro atoms. The number of hydrogen-bond acceptors (Lipinski definition) is 20. The summed E-state index contributed by atoms with van der Waals surface area (Å²) in [5, 5.41) is 17.2. The van der Waals surface area contributed by atoms with Crippen LogP contribution in [-0.2, 0) is 76.3 Å². The van der Waals surface area contributed by atoms with Crippen LogP contribution in [0.1, 0.15) is 387 Å². The zero-order valence-corrected chi connectivity index (χ0v) is 71.6. The van der Waals surface area contributed by atoms with Crippen molar-refractivity contribution in [2.45, 2.75) is 387 Å². The van der Waals surface area contributed by atoms with Gasteiger partial charge in [0.2, 0.25) is 0 Å². The first-order valence-electron chi connectivity index (χ1n) is 37.6. The van der Waals surface area contributed by atoms with Gasteiger partial charge in [-0.1, -0.05) is 306 Å². The Morgan fingerprint density at radius 3 is 0.732 bits per heavy atom. The molecule has 0 aromatic carbocycles. The summed E-state index contributed by atoms with van der Waals surface area (Å²) in [6.45, 7) is 39.6. The number of rotatable bonds is 52. The van der Waals surface area contributed by atoms with E-state index in [9.17, 15) is 38.4 Å². The number of nitrogens with one attached hydrogen (secondary N) is 2. The second-order valence-electron chi connectivity index (χ2n) is 27.6. The number of aliphatic hydroxyl groups excluding tert-OH is 2. The van der Waals surface area contributed by atoms with Gasteiger partial charge in [-0.2, -0.15) is 0 Å². The Hall–Kier alpha value is -4.57. The van der Waals surface area contributed by atoms with Crippen LogP contribution >= 0.6 is 0 Å². The van der Waals surface area contributed by atoms with E-state index in [0.29, 0.717) is 41.9 Å². The van der Waals surface area contributed by atoms with Gasteiger partial charge in [-0.3, -0.25) is 19.2 Å². The summed E-state index contributed by atoms with van der Waals surface area (Å²) >= 11 is 3.33. The fraction of sp³-hybridized carbons (Fsp3) is 0.818. The Kier molecular flexibility index (Phi) is 145. The monoisotopic (exact) mass is 1630 g/mol. The first-order valence-corrected chi connectivity index (χ1v) is 38.8. The standard InChI is InChI=1S/C35H66O7.C22H42O2.C7H14O2.C6H10O3.2C5H8O2.8CH4.2Al.2B.2HN/c1-8-10-11-12-13-14-15-16-17-18-19-20-21-22-23-24-26-41-32(39)35(6,29-34(5,9-2)31(38)40-7)28-33(3,4)30(37)42-27-25-36;1-4-5-6-7-8-9-10-11-12-13-14-15-16-17-18-19-20-24-22(23)21(2)3;1-5-7(2,3)6(8)9-4;1-5(2)6(8)9-4-3-7;2*1-4(2)5(6)7-3;;;;;;;;;;;;;;/h36H,8-29H2,1-7H3;2,4-20H2,1,3H3;5H2,1-4H3;7H,1,3-4H2,2H3;2*1H2,2-3H3;8*1H4;;;;;2*1H. The fourth-order valence-corrected chi connectivity index (χ4v) is 10.00. The third-order valence-electron chi connectivity index (χ3n) is 16.6. The van der Waals surface area contributed by atoms with Crippen molar-refractivity contribution in [1.82, 2.24) is 0 Å². The molecule has 0 aliphatic rings. The SMILES string of the molecule is C.C.C.C.C.C.C.C.C=C(C)C(=O)OC.C=C(C)C(=O)OC.C=C(C)C(=O)OCCCCCCCCCCCCCCCCCC.C=C(C)C(=O)OCCO.CCC(C)(C)C(=O)OC.CCCCCCCCCCCCCCCCCCOC(=O)C(C)(CC(C)(C)C(=O)OCCO)CC(C)(CC)C(=O)OC.[B].[B].[NH]=[Al].[NH]=[Al]. The summed E-state index contributed by atoms with van der Waals surface area (Å²) in [7, 11) is 5.42. The molecule has 112 heavy (non-hydrogen) atoms. The van der Waals surface area contributed by atoms with E-state index < -0.39 is 34.2 Å². The quantitative estimate of drug-likeness (QED) is 0.0145. The van der Waals surface area contributed by atoms with Crippen LogP contribution in [0.5, 0.6) is 0 Å². The molecule has 0 heterocycles. The van der Waals surface area contributed by atoms with Gasteiger partial charge < -0.3 is 48.1 Å². The number of carbonyl (C=O) groups excluding carboxylic acids is 8. The van der Waals surface area contributed by atoms with Gasteiger partial charge in [-0.05, 0) is 108 Å². The molecule has 0 aromatic heterocycles. The van der Waals surface area contributed by atoms with E-state index in [1.165, 1.54) is 208 Å². The summed E-state index contributed by atoms with van der Waals surface area (Å²) in [5.41, 5.74) is -1.62. The second kappa shape index (κ2) is 106. The van der Waals surface area contributed by atoms with Crippen LogP contribution in [-0.4, -0.2) is 175 Å². The van der Waals surface area contributed by atoms with Crippen molar-refractivity contribution < 1.29 is 86.5 Å². The van der Waals surface area contributed by atoms with E-state index >= 15 is 0 Å². The first kappa shape index (κ1) is 152. The molecule has 0 saturated heterocycles. The molecule has 2 unspecified atom stereocenters. The average molecular weight is 1630 g/mol. The normalized spacial score (nSPS) is 10.4. The molecule has 0 fully saturated rings. The van der Waals surface area contributed by atoms with Gasteiger partial charge in [0.15, 0.2) is 0 Å². The first-order chi connectivity index (χ1) is 48.2. The van der Waals surface area contributed by atoms with Crippen LogP contribution in [0.25, 0.3) is 0 Å². The summed E-state index contributed by atoms with van der Waals surface area (Å²) in [6.07, 6.45) is 43.8. The van der Waals surface area contributed by atoms with Gasteiger partial charge in [0.05, 0.1) is 76.5 Å². The molecule has 0 aliphatic carbocycles. The second-order valence-corrected chi connectivity index (χ2v) is 27.6. The third kappa shape index (κ3) is 99.6. The van der Waals surface area contributed by atoms with Gasteiger partial charge in [0.1, 0.15) is 13.2 Å². The number of ether oxygens (including phenoxy) is 8. The van der Waals surface area contributed by atoms with Crippen molar-refractivity contribution in [2.24, 2.45) is 21.7 Å². The number of carbonyl (C=O) groups is 8. The summed E-state index contributed by atoms with van der Waals surface area (Å²) in [4.78, 5) is 91.7. The van der Waals surface area contributed by atoms with Crippen LogP contribution in [0, 0.1) is 30.4 Å². The van der Waals surface area contributed by atoms with Crippen molar-refractivity contribution in [3.63, 3.8) is 0 Å². The number of hydrogen-bond donors (Lipinski definition) is 4. The van der Waals surface area contributed by atoms with Gasteiger partial charge in [0.25, 0.3) is 0 Å². The summed E-state index contributed by atoms with van der Waals surface area (Å²) in [5.74, 6) is -2.83. The maximum absolute atomic E-state index is 13.5. The van der Waals surface area contributed by atoms with Gasteiger partial charge >= 0.3 is 88.6 Å². The average Bonchev–Trinajstić information content (AvgIpc) is 0.787. The number of aliphatic hydroxyl groups is 2. The van der Waals surface area contributed by atoms with Gasteiger partial charge in [0, 0.05) is 39.1 Å². The Bertz CT molecular complexity index is 2160. The zero-order chi connectivity index (χ0) is 80.3. The van der Waals surface area contributed by atoms with E-state index in [1.807, 2.05) is 27.7 Å². The van der Waals surface area contributed by atoms with Crippen LogP contribution < -0.4 is 0 Å². The predicted molar refractivity (Wildman–Crippen MR) is 480 cm³/mol. The Morgan fingerprint density at radius 1 is 0.295 bits per heavy atom.